The molecule has 8 N–H and O–H groups in total. The summed E-state index contributed by atoms with van der Waals surface area (Å²) in [6, 6.07) is 5.48. The first-order chi connectivity index (χ1) is 17.3. The molecule has 0 heterocycles. The molecule has 38 heavy (non-hydrogen) atoms. The minimum absolute atomic E-state index is 0.150. The van der Waals surface area contributed by atoms with E-state index in [1.807, 2.05) is 0 Å². The molecule has 3 aromatic rings. The Labute approximate surface area is 215 Å². The highest BCUT2D eigenvalue weighted by Gasteiger charge is 2.39. The van der Waals surface area contributed by atoms with Crippen molar-refractivity contribution in [1.29, 1.82) is 0 Å². The first kappa shape index (κ1) is 27.2. The molecular weight excluding hydrogens is 566 g/mol. The Morgan fingerprint density at radius 1 is 0.711 bits per heavy atom. The van der Waals surface area contributed by atoms with Crippen molar-refractivity contribution in [1.82, 2.24) is 0 Å². The topological polar surface area (TPSA) is 261 Å². The Morgan fingerprint density at radius 2 is 1.32 bits per heavy atom. The molecule has 0 saturated carbocycles. The number of fused-ring (bicyclic) bond motifs is 2. The summed E-state index contributed by atoms with van der Waals surface area (Å²) in [5.74, 6) is -2.27. The summed E-state index contributed by atoms with van der Waals surface area (Å²) in [5, 5.41) is 2.56. The van der Waals surface area contributed by atoms with Gasteiger partial charge in [-0.3, -0.25) is 23.2 Å². The Balaban J connectivity index is 2.11. The van der Waals surface area contributed by atoms with Crippen LogP contribution >= 0.6 is 0 Å². The minimum Gasteiger partial charge on any atom is -0.398 e. The van der Waals surface area contributed by atoms with Gasteiger partial charge in [-0.05, 0) is 36.8 Å². The smallest absolute Gasteiger partial charge is 0.296 e. The fraction of sp³-hybridized carbons (Fsp3) is 0.0476. The fourth-order valence-electron chi connectivity index (χ4n) is 4.02. The summed E-state index contributed by atoms with van der Waals surface area (Å²) in [5.41, 5.74) is 7.60. The lowest BCUT2D eigenvalue weighted by Crippen LogP contribution is -2.27. The van der Waals surface area contributed by atoms with Gasteiger partial charge in [0.1, 0.15) is 9.79 Å². The monoisotopic (exact) mass is 583 g/mol. The van der Waals surface area contributed by atoms with Crippen molar-refractivity contribution in [2.75, 3.05) is 16.8 Å². The molecular formula is C21H17N3O11S3. The van der Waals surface area contributed by atoms with E-state index in [1.165, 1.54) is 6.92 Å². The van der Waals surface area contributed by atoms with E-state index in [4.69, 9.17) is 11.5 Å². The van der Waals surface area contributed by atoms with Crippen molar-refractivity contribution in [3.8, 4) is 0 Å². The van der Waals surface area contributed by atoms with E-state index >= 15 is 0 Å². The number of carbonyl (C=O) groups excluding carboxylic acids is 2. The van der Waals surface area contributed by atoms with Gasteiger partial charge in [0, 0.05) is 16.9 Å². The number of hydrogen-bond acceptors (Lipinski definition) is 11. The van der Waals surface area contributed by atoms with Crippen LogP contribution in [0.25, 0.3) is 0 Å². The molecule has 0 aliphatic heterocycles. The van der Waals surface area contributed by atoms with Gasteiger partial charge in [0.15, 0.2) is 11.6 Å². The fourth-order valence-corrected chi connectivity index (χ4v) is 5.92. The lowest BCUT2D eigenvalue weighted by atomic mass is 9.82. The molecule has 17 heteroatoms. The number of rotatable bonds is 5. The van der Waals surface area contributed by atoms with Crippen LogP contribution in [0.3, 0.4) is 0 Å². The Bertz CT molecular complexity index is 1930. The van der Waals surface area contributed by atoms with Crippen LogP contribution < -0.4 is 16.8 Å². The number of benzene rings is 3. The SMILES string of the molecule is Cc1c(N)cc(S(=O)(=O)O)cc1Nc1cc(S(=O)(=O)O)c(N)c2c1C(=O)c1c(cccc1S(=O)(=O)O)C2=O. The van der Waals surface area contributed by atoms with Gasteiger partial charge in [0.05, 0.1) is 33.0 Å². The van der Waals surface area contributed by atoms with Crippen molar-refractivity contribution in [3.05, 3.63) is 64.2 Å². The van der Waals surface area contributed by atoms with Crippen LogP contribution in [0.2, 0.25) is 0 Å². The van der Waals surface area contributed by atoms with Gasteiger partial charge in [0.25, 0.3) is 30.4 Å². The number of hydrogen-bond donors (Lipinski definition) is 6. The Hall–Kier alpha value is -3.87. The van der Waals surface area contributed by atoms with Gasteiger partial charge in [-0.15, -0.1) is 0 Å². The second-order valence-corrected chi connectivity index (χ2v) is 12.4. The summed E-state index contributed by atoms with van der Waals surface area (Å²) in [7, 11) is -14.9. The molecule has 0 fully saturated rings. The predicted octanol–water partition coefficient (Wildman–Crippen LogP) is 1.42. The van der Waals surface area contributed by atoms with Gasteiger partial charge < -0.3 is 16.8 Å². The third-order valence-electron chi connectivity index (χ3n) is 5.83. The molecule has 1 aliphatic carbocycles. The van der Waals surface area contributed by atoms with E-state index in [2.05, 4.69) is 5.32 Å². The molecule has 0 bridgehead atoms. The Kier molecular flexibility index (Phi) is 6.14. The molecule has 14 nitrogen and oxygen atoms in total. The van der Waals surface area contributed by atoms with Crippen LogP contribution in [0.5, 0.6) is 0 Å². The standard InChI is InChI=1S/C21H17N3O11S3/c1-8-11(22)5-9(36(27,28)29)6-12(8)24-13-7-15(38(33,34)35)19(23)18-17(13)21(26)16-10(20(18)25)3-2-4-14(16)37(30,31)32/h2-7,24H,22-23H2,1H3,(H,27,28,29)(H,30,31,32)(H,33,34,35). The quantitative estimate of drug-likeness (QED) is 0.143. The van der Waals surface area contributed by atoms with E-state index in [9.17, 15) is 48.5 Å². The molecule has 0 spiro atoms. The second-order valence-electron chi connectivity index (χ2n) is 8.16. The maximum absolute atomic E-state index is 13.6. The summed E-state index contributed by atoms with van der Waals surface area (Å²) in [6.07, 6.45) is 0. The molecule has 200 valence electrons. The lowest BCUT2D eigenvalue weighted by Gasteiger charge is -2.25. The van der Waals surface area contributed by atoms with Crippen LogP contribution in [0.1, 0.15) is 37.4 Å². The molecule has 0 amide bonds. The highest BCUT2D eigenvalue weighted by molar-refractivity contribution is 7.86. The van der Waals surface area contributed by atoms with Gasteiger partial charge in [-0.2, -0.15) is 25.3 Å². The number of carbonyl (C=O) groups is 2. The number of ketones is 2. The first-order valence-corrected chi connectivity index (χ1v) is 14.4. The van der Waals surface area contributed by atoms with Gasteiger partial charge >= 0.3 is 0 Å². The average Bonchev–Trinajstić information content (AvgIpc) is 2.78. The molecule has 0 unspecified atom stereocenters. The normalized spacial score (nSPS) is 13.7. The largest absolute Gasteiger partial charge is 0.398 e. The lowest BCUT2D eigenvalue weighted by molar-refractivity contribution is 0.0977. The zero-order chi connectivity index (χ0) is 28.5. The summed E-state index contributed by atoms with van der Waals surface area (Å²) < 4.78 is 100. The third kappa shape index (κ3) is 4.40. The van der Waals surface area contributed by atoms with Gasteiger partial charge in [0.2, 0.25) is 0 Å². The highest BCUT2D eigenvalue weighted by atomic mass is 32.2. The van der Waals surface area contributed by atoms with E-state index in [1.54, 1.807) is 0 Å². The zero-order valence-corrected chi connectivity index (χ0v) is 21.4. The van der Waals surface area contributed by atoms with Crippen molar-refractivity contribution < 1.29 is 48.5 Å². The number of anilines is 4. The summed E-state index contributed by atoms with van der Waals surface area (Å²) in [4.78, 5) is 24.4. The van der Waals surface area contributed by atoms with E-state index in [-0.39, 0.29) is 16.9 Å². The van der Waals surface area contributed by atoms with Gasteiger partial charge in [-0.1, -0.05) is 12.1 Å². The van der Waals surface area contributed by atoms with Crippen molar-refractivity contribution >= 4 is 64.7 Å². The minimum atomic E-state index is -5.11. The molecule has 0 radical (unpaired) electrons. The van der Waals surface area contributed by atoms with Crippen LogP contribution in [0.4, 0.5) is 22.7 Å². The van der Waals surface area contributed by atoms with Crippen LogP contribution in [0.15, 0.2) is 51.1 Å². The molecule has 3 aromatic carbocycles. The first-order valence-electron chi connectivity index (χ1n) is 10.1. The third-order valence-corrected chi connectivity index (χ3v) is 8.45. The maximum atomic E-state index is 13.6. The van der Waals surface area contributed by atoms with Crippen molar-refractivity contribution in [2.24, 2.45) is 0 Å². The molecule has 0 atom stereocenters. The molecule has 4 rings (SSSR count). The average molecular weight is 584 g/mol. The highest BCUT2D eigenvalue weighted by Crippen LogP contribution is 2.42. The van der Waals surface area contributed by atoms with Crippen molar-refractivity contribution in [3.63, 3.8) is 0 Å². The molecule has 0 aromatic heterocycles. The second kappa shape index (κ2) is 8.58. The molecule has 0 saturated heterocycles. The van der Waals surface area contributed by atoms with Gasteiger partial charge in [-0.25, -0.2) is 0 Å². The van der Waals surface area contributed by atoms with E-state index in [0.29, 0.717) is 6.07 Å². The summed E-state index contributed by atoms with van der Waals surface area (Å²) >= 11 is 0. The van der Waals surface area contributed by atoms with Crippen molar-refractivity contribution in [2.45, 2.75) is 21.6 Å². The molecule has 1 aliphatic rings. The van der Waals surface area contributed by atoms with Crippen LogP contribution in [-0.2, 0) is 30.4 Å². The zero-order valence-electron chi connectivity index (χ0n) is 19.0. The summed E-state index contributed by atoms with van der Waals surface area (Å²) in [6.45, 7) is 1.40. The number of nitrogen functional groups attached to an aromatic ring is 2. The van der Waals surface area contributed by atoms with E-state index in [0.717, 1.165) is 30.3 Å². The van der Waals surface area contributed by atoms with Crippen LogP contribution in [0, 0.1) is 6.92 Å². The van der Waals surface area contributed by atoms with Crippen LogP contribution in [-0.4, -0.2) is 50.5 Å². The predicted molar refractivity (Wildman–Crippen MR) is 132 cm³/mol. The number of nitrogens with one attached hydrogen (secondary N) is 1. The maximum Gasteiger partial charge on any atom is 0.296 e. The van der Waals surface area contributed by atoms with E-state index < -0.39 is 90.2 Å². The number of nitrogens with two attached hydrogens (primary N) is 2. The Morgan fingerprint density at radius 3 is 1.87 bits per heavy atom.